The summed E-state index contributed by atoms with van der Waals surface area (Å²) in [6.07, 6.45) is -3.54. The zero-order chi connectivity index (χ0) is 30.4. The number of hydrogen-bond acceptors (Lipinski definition) is 3. The number of alkyl halides is 6. The molecule has 1 aliphatic carbocycles. The summed E-state index contributed by atoms with van der Waals surface area (Å²) in [5.41, 5.74) is -0.548. The highest BCUT2D eigenvalue weighted by atomic mass is 32.2. The zero-order valence-electron chi connectivity index (χ0n) is 23.4. The van der Waals surface area contributed by atoms with Crippen molar-refractivity contribution >= 4 is 39.8 Å². The maximum Gasteiger partial charge on any atom is 0.416 e. The van der Waals surface area contributed by atoms with Crippen LogP contribution in [-0.4, -0.2) is 45.8 Å². The molecular weight excluding hydrogens is 580 g/mol. The first-order valence-corrected chi connectivity index (χ1v) is 15.0. The highest BCUT2D eigenvalue weighted by Gasteiger charge is 2.37. The minimum absolute atomic E-state index is 0.0865. The number of rotatable bonds is 9. The van der Waals surface area contributed by atoms with Crippen molar-refractivity contribution in [2.45, 2.75) is 58.4 Å². The second kappa shape index (κ2) is 14.1. The van der Waals surface area contributed by atoms with Crippen LogP contribution in [0.15, 0.2) is 59.6 Å². The summed E-state index contributed by atoms with van der Waals surface area (Å²) in [4.78, 5) is 8.72. The molecule has 0 atom stereocenters. The standard InChI is InChI=1S/C30H35F6N3S2/c1-5-38(18-22-11-7-8-12-22)27(37-26-13-9-6-10-20(26)2)21(3)17-39(28(40)41-4)19-23-14-24(29(31,32)33)16-25(15-23)30(34,35)36/h6,9-10,13-16,22H,3,5,7-8,11-12,17-19H2,1-2,4H3. The Kier molecular flexibility index (Phi) is 11.3. The maximum absolute atomic E-state index is 13.5. The lowest BCUT2D eigenvalue weighted by Gasteiger charge is -2.32. The number of hydrogen-bond donors (Lipinski definition) is 0. The Bertz CT molecular complexity index is 1220. The molecule has 0 radical (unpaired) electrons. The minimum atomic E-state index is -4.93. The molecule has 1 fully saturated rings. The largest absolute Gasteiger partial charge is 0.416 e. The van der Waals surface area contributed by atoms with Crippen molar-refractivity contribution in [1.29, 1.82) is 0 Å². The normalized spacial score (nSPS) is 14.8. The van der Waals surface area contributed by atoms with Gasteiger partial charge in [0.15, 0.2) is 0 Å². The van der Waals surface area contributed by atoms with Gasteiger partial charge in [0, 0.05) is 31.8 Å². The van der Waals surface area contributed by atoms with E-state index in [9.17, 15) is 26.3 Å². The number of para-hydroxylation sites is 1. The van der Waals surface area contributed by atoms with Gasteiger partial charge in [-0.05, 0) is 74.3 Å². The summed E-state index contributed by atoms with van der Waals surface area (Å²) in [6, 6.07) is 9.28. The van der Waals surface area contributed by atoms with Crippen LogP contribution in [0.4, 0.5) is 32.0 Å². The van der Waals surface area contributed by atoms with E-state index in [1.807, 2.05) is 38.1 Å². The summed E-state index contributed by atoms with van der Waals surface area (Å²) in [6.45, 7) is 9.56. The monoisotopic (exact) mass is 615 g/mol. The van der Waals surface area contributed by atoms with E-state index in [1.54, 1.807) is 11.2 Å². The topological polar surface area (TPSA) is 18.8 Å². The molecule has 1 saturated carbocycles. The van der Waals surface area contributed by atoms with Gasteiger partial charge in [0.1, 0.15) is 10.2 Å². The number of aliphatic imine (C=N–C) groups is 1. The molecular formula is C30H35F6N3S2. The van der Waals surface area contributed by atoms with Crippen molar-refractivity contribution in [3.05, 3.63) is 76.9 Å². The molecule has 41 heavy (non-hydrogen) atoms. The lowest BCUT2D eigenvalue weighted by atomic mass is 10.0. The van der Waals surface area contributed by atoms with Gasteiger partial charge in [-0.15, -0.1) is 11.8 Å². The average Bonchev–Trinajstić information content (AvgIpc) is 3.42. The molecule has 0 spiro atoms. The van der Waals surface area contributed by atoms with Gasteiger partial charge in [-0.2, -0.15) is 26.3 Å². The Morgan fingerprint density at radius 2 is 1.59 bits per heavy atom. The lowest BCUT2D eigenvalue weighted by Crippen LogP contribution is -2.39. The van der Waals surface area contributed by atoms with Crippen molar-refractivity contribution in [3.63, 3.8) is 0 Å². The smallest absolute Gasteiger partial charge is 0.356 e. The average molecular weight is 616 g/mol. The van der Waals surface area contributed by atoms with Crippen LogP contribution in [0.25, 0.3) is 0 Å². The van der Waals surface area contributed by atoms with Crippen molar-refractivity contribution in [3.8, 4) is 0 Å². The fourth-order valence-electron chi connectivity index (χ4n) is 4.99. The number of thiocarbonyl (C=S) groups is 1. The molecule has 11 heteroatoms. The van der Waals surface area contributed by atoms with E-state index in [0.29, 0.717) is 28.2 Å². The number of likely N-dealkylation sites (N-methyl/N-ethyl adjacent to an activating group) is 1. The molecule has 0 amide bonds. The van der Waals surface area contributed by atoms with Gasteiger partial charge in [-0.1, -0.05) is 49.8 Å². The van der Waals surface area contributed by atoms with E-state index >= 15 is 0 Å². The summed E-state index contributed by atoms with van der Waals surface area (Å²) >= 11 is 6.69. The quantitative estimate of drug-likeness (QED) is 0.121. The summed E-state index contributed by atoms with van der Waals surface area (Å²) in [5, 5.41) is 0. The third-order valence-corrected chi connectivity index (χ3v) is 8.49. The van der Waals surface area contributed by atoms with E-state index < -0.39 is 23.5 Å². The predicted octanol–water partition coefficient (Wildman–Crippen LogP) is 9.28. The molecule has 224 valence electrons. The van der Waals surface area contributed by atoms with Gasteiger partial charge in [-0.3, -0.25) is 0 Å². The molecule has 1 aliphatic rings. The fourth-order valence-corrected chi connectivity index (χ4v) is 5.51. The Hall–Kier alpha value is -2.53. The molecule has 0 unspecified atom stereocenters. The fraction of sp³-hybridized carbons (Fsp3) is 0.467. The van der Waals surface area contributed by atoms with Gasteiger partial charge in [0.25, 0.3) is 0 Å². The number of nitrogens with zero attached hydrogens (tertiary/aromatic N) is 3. The second-order valence-electron chi connectivity index (χ2n) is 10.3. The number of aryl methyl sites for hydroxylation is 1. The van der Waals surface area contributed by atoms with E-state index in [1.165, 1.54) is 24.6 Å². The summed E-state index contributed by atoms with van der Waals surface area (Å²) in [5.74, 6) is 1.15. The SMILES string of the molecule is C=C(CN(Cc1cc(C(F)(F)F)cc(C(F)(F)F)c1)C(=S)SC)C(=Nc1ccccc1C)N(CC)CC1CCCC1. The van der Waals surface area contributed by atoms with Gasteiger partial charge in [0.2, 0.25) is 0 Å². The lowest BCUT2D eigenvalue weighted by molar-refractivity contribution is -0.143. The predicted molar refractivity (Wildman–Crippen MR) is 160 cm³/mol. The molecule has 0 heterocycles. The molecule has 0 saturated heterocycles. The van der Waals surface area contributed by atoms with Gasteiger partial charge in [-0.25, -0.2) is 4.99 Å². The molecule has 2 aromatic carbocycles. The molecule has 0 aliphatic heterocycles. The third kappa shape index (κ3) is 9.23. The van der Waals surface area contributed by atoms with Gasteiger partial charge in [0.05, 0.1) is 16.8 Å². The van der Waals surface area contributed by atoms with Gasteiger partial charge >= 0.3 is 12.4 Å². The van der Waals surface area contributed by atoms with Gasteiger partial charge < -0.3 is 9.80 Å². The Balaban J connectivity index is 1.99. The maximum atomic E-state index is 13.5. The highest BCUT2D eigenvalue weighted by Crippen LogP contribution is 2.37. The van der Waals surface area contributed by atoms with E-state index in [2.05, 4.69) is 11.5 Å². The van der Waals surface area contributed by atoms with Crippen LogP contribution in [0.2, 0.25) is 0 Å². The Morgan fingerprint density at radius 1 is 1.00 bits per heavy atom. The Morgan fingerprint density at radius 3 is 2.10 bits per heavy atom. The van der Waals surface area contributed by atoms with Crippen LogP contribution >= 0.6 is 24.0 Å². The summed E-state index contributed by atoms with van der Waals surface area (Å²) < 4.78 is 81.3. The van der Waals surface area contributed by atoms with E-state index in [0.717, 1.165) is 42.8 Å². The number of halogens is 6. The van der Waals surface area contributed by atoms with Crippen molar-refractivity contribution in [2.24, 2.45) is 10.9 Å². The van der Waals surface area contributed by atoms with E-state index in [4.69, 9.17) is 17.2 Å². The highest BCUT2D eigenvalue weighted by molar-refractivity contribution is 8.22. The van der Waals surface area contributed by atoms with Crippen molar-refractivity contribution < 1.29 is 26.3 Å². The van der Waals surface area contributed by atoms with Crippen LogP contribution in [0.1, 0.15) is 54.9 Å². The number of benzene rings is 2. The molecule has 3 rings (SSSR count). The number of thioether (sulfide) groups is 1. The molecule has 0 aromatic heterocycles. The van der Waals surface area contributed by atoms with Crippen LogP contribution < -0.4 is 0 Å². The minimum Gasteiger partial charge on any atom is -0.356 e. The zero-order valence-corrected chi connectivity index (χ0v) is 25.0. The molecule has 3 nitrogen and oxygen atoms in total. The van der Waals surface area contributed by atoms with Crippen LogP contribution in [0.3, 0.4) is 0 Å². The third-order valence-electron chi connectivity index (χ3n) is 7.13. The number of amidine groups is 1. The summed E-state index contributed by atoms with van der Waals surface area (Å²) in [7, 11) is 0. The molecule has 0 bridgehead atoms. The van der Waals surface area contributed by atoms with Crippen molar-refractivity contribution in [1.82, 2.24) is 9.80 Å². The Labute approximate surface area is 247 Å². The first kappa shape index (κ1) is 33.0. The first-order valence-electron chi connectivity index (χ1n) is 13.4. The second-order valence-corrected chi connectivity index (χ2v) is 11.7. The molecule has 0 N–H and O–H groups in total. The first-order chi connectivity index (χ1) is 19.2. The van der Waals surface area contributed by atoms with Crippen LogP contribution in [0, 0.1) is 12.8 Å². The van der Waals surface area contributed by atoms with Crippen molar-refractivity contribution in [2.75, 3.05) is 25.9 Å². The van der Waals surface area contributed by atoms with E-state index in [-0.39, 0.29) is 24.7 Å². The molecule has 2 aromatic rings. The van der Waals surface area contributed by atoms with Crippen LogP contribution in [0.5, 0.6) is 0 Å². The van der Waals surface area contributed by atoms with Crippen LogP contribution in [-0.2, 0) is 18.9 Å².